The van der Waals surface area contributed by atoms with Crippen LogP contribution >= 0.6 is 27.7 Å². The number of halogens is 2. The van der Waals surface area contributed by atoms with Crippen LogP contribution in [0.15, 0.2) is 87.5 Å². The average Bonchev–Trinajstić information content (AvgIpc) is 3.59. The topological polar surface area (TPSA) is 102 Å². The number of ether oxygens (including phenoxy) is 1. The molecule has 1 atom stereocenters. The van der Waals surface area contributed by atoms with E-state index >= 15 is 0 Å². The van der Waals surface area contributed by atoms with Crippen molar-refractivity contribution in [2.75, 3.05) is 12.9 Å². The van der Waals surface area contributed by atoms with Crippen LogP contribution in [0.25, 0.3) is 0 Å². The van der Waals surface area contributed by atoms with Crippen molar-refractivity contribution < 1.29 is 18.7 Å². The van der Waals surface area contributed by atoms with Gasteiger partial charge in [0.1, 0.15) is 11.6 Å². The molecule has 1 aliphatic heterocycles. The molecule has 1 aliphatic rings. The maximum Gasteiger partial charge on any atom is 0.255 e. The molecule has 0 spiro atoms. The standard InChI is InChI=1S/C29H26BrFN6O3S/c1-36-26(16-32-28(39)22-5-3-4-6-25(22)40-2)33-34-29(36)41-17-27(38)37-24(19-9-13-21(31)14-10-19)15-23(35-37)18-7-11-20(30)12-8-18/h3-14,24H,15-17H2,1-2H3,(H,32,39)/t24-/m0/s1. The predicted octanol–water partition coefficient (Wildman–Crippen LogP) is 5.13. The first-order chi connectivity index (χ1) is 19.8. The van der Waals surface area contributed by atoms with Gasteiger partial charge in [-0.1, -0.05) is 64.1 Å². The summed E-state index contributed by atoms with van der Waals surface area (Å²) in [7, 11) is 3.29. The van der Waals surface area contributed by atoms with Crippen LogP contribution in [0.5, 0.6) is 5.75 Å². The Hall–Kier alpha value is -4.03. The maximum absolute atomic E-state index is 13.6. The summed E-state index contributed by atoms with van der Waals surface area (Å²) in [6, 6.07) is 20.5. The molecule has 41 heavy (non-hydrogen) atoms. The number of nitrogens with one attached hydrogen (secondary N) is 1. The highest BCUT2D eigenvalue weighted by Gasteiger charge is 2.33. The smallest absolute Gasteiger partial charge is 0.255 e. The number of hydrazone groups is 1. The fourth-order valence-corrected chi connectivity index (χ4v) is 5.45. The highest BCUT2D eigenvalue weighted by Crippen LogP contribution is 2.34. The van der Waals surface area contributed by atoms with Crippen LogP contribution in [-0.2, 0) is 18.4 Å². The number of carbonyl (C=O) groups is 2. The van der Waals surface area contributed by atoms with E-state index in [0.717, 1.165) is 21.3 Å². The van der Waals surface area contributed by atoms with Gasteiger partial charge in [-0.3, -0.25) is 9.59 Å². The van der Waals surface area contributed by atoms with Gasteiger partial charge in [0.25, 0.3) is 11.8 Å². The molecule has 12 heteroatoms. The lowest BCUT2D eigenvalue weighted by Gasteiger charge is -2.22. The van der Waals surface area contributed by atoms with Gasteiger partial charge in [-0.25, -0.2) is 9.40 Å². The largest absolute Gasteiger partial charge is 0.496 e. The molecule has 5 rings (SSSR count). The van der Waals surface area contributed by atoms with Gasteiger partial charge in [0, 0.05) is 17.9 Å². The monoisotopic (exact) mass is 636 g/mol. The van der Waals surface area contributed by atoms with Crippen molar-refractivity contribution in [1.82, 2.24) is 25.1 Å². The summed E-state index contributed by atoms with van der Waals surface area (Å²) in [5.74, 6) is 0.217. The van der Waals surface area contributed by atoms with Gasteiger partial charge < -0.3 is 14.6 Å². The van der Waals surface area contributed by atoms with Gasteiger partial charge in [-0.05, 0) is 47.5 Å². The molecule has 0 aliphatic carbocycles. The molecule has 0 fully saturated rings. The summed E-state index contributed by atoms with van der Waals surface area (Å²) >= 11 is 4.67. The zero-order valence-electron chi connectivity index (χ0n) is 22.3. The van der Waals surface area contributed by atoms with E-state index < -0.39 is 0 Å². The molecule has 2 heterocycles. The minimum absolute atomic E-state index is 0.0638. The van der Waals surface area contributed by atoms with Crippen molar-refractivity contribution >= 4 is 45.2 Å². The fraction of sp³-hybridized carbons (Fsp3) is 0.207. The third-order valence-corrected chi connectivity index (χ3v) is 8.14. The first-order valence-corrected chi connectivity index (χ1v) is 14.4. The van der Waals surface area contributed by atoms with E-state index in [2.05, 4.69) is 36.5 Å². The lowest BCUT2D eigenvalue weighted by molar-refractivity contribution is -0.130. The van der Waals surface area contributed by atoms with Crippen LogP contribution in [0.2, 0.25) is 0 Å². The van der Waals surface area contributed by atoms with Crippen molar-refractivity contribution in [3.8, 4) is 5.75 Å². The minimum Gasteiger partial charge on any atom is -0.496 e. The van der Waals surface area contributed by atoms with Gasteiger partial charge in [-0.15, -0.1) is 10.2 Å². The summed E-state index contributed by atoms with van der Waals surface area (Å²) in [5.41, 5.74) is 2.90. The zero-order chi connectivity index (χ0) is 28.9. The second-order valence-electron chi connectivity index (χ2n) is 9.19. The number of para-hydroxylation sites is 1. The molecule has 1 aromatic heterocycles. The molecule has 2 amide bonds. The first-order valence-electron chi connectivity index (χ1n) is 12.7. The number of hydrogen-bond donors (Lipinski definition) is 1. The number of rotatable bonds is 9. The average molecular weight is 638 g/mol. The molecular formula is C29H26BrFN6O3S. The number of benzene rings is 3. The van der Waals surface area contributed by atoms with E-state index in [1.807, 2.05) is 24.3 Å². The summed E-state index contributed by atoms with van der Waals surface area (Å²) in [4.78, 5) is 26.1. The van der Waals surface area contributed by atoms with Gasteiger partial charge in [-0.2, -0.15) is 5.10 Å². The van der Waals surface area contributed by atoms with E-state index in [1.54, 1.807) is 48.0 Å². The van der Waals surface area contributed by atoms with Crippen LogP contribution in [0.4, 0.5) is 4.39 Å². The van der Waals surface area contributed by atoms with Crippen LogP contribution < -0.4 is 10.1 Å². The van der Waals surface area contributed by atoms with Crippen LogP contribution in [-0.4, -0.2) is 50.2 Å². The highest BCUT2D eigenvalue weighted by molar-refractivity contribution is 9.10. The molecule has 0 saturated carbocycles. The zero-order valence-corrected chi connectivity index (χ0v) is 24.7. The second kappa shape index (κ2) is 12.6. The quantitative estimate of drug-likeness (QED) is 0.256. The van der Waals surface area contributed by atoms with Gasteiger partial charge in [0.15, 0.2) is 11.0 Å². The molecule has 0 saturated heterocycles. The molecule has 1 N–H and O–H groups in total. The third kappa shape index (κ3) is 6.49. The third-order valence-electron chi connectivity index (χ3n) is 6.61. The Balaban J connectivity index is 1.27. The number of methoxy groups -OCH3 is 1. The summed E-state index contributed by atoms with van der Waals surface area (Å²) in [6.45, 7) is 0.147. The Labute approximate surface area is 248 Å². The van der Waals surface area contributed by atoms with E-state index in [-0.39, 0.29) is 36.0 Å². The number of hydrogen-bond acceptors (Lipinski definition) is 7. The Morgan fingerprint density at radius 2 is 1.80 bits per heavy atom. The molecule has 0 unspecified atom stereocenters. The SMILES string of the molecule is COc1ccccc1C(=O)NCc1nnc(SCC(=O)N2N=C(c3ccc(Br)cc3)C[C@H]2c2ccc(F)cc2)n1C. The van der Waals surface area contributed by atoms with E-state index in [4.69, 9.17) is 4.74 Å². The van der Waals surface area contributed by atoms with Gasteiger partial charge in [0.2, 0.25) is 0 Å². The van der Waals surface area contributed by atoms with E-state index in [0.29, 0.717) is 28.7 Å². The van der Waals surface area contributed by atoms with Crippen LogP contribution in [0, 0.1) is 5.82 Å². The van der Waals surface area contributed by atoms with E-state index in [9.17, 15) is 14.0 Å². The Bertz CT molecular complexity index is 1590. The Morgan fingerprint density at radius 1 is 1.07 bits per heavy atom. The molecule has 0 radical (unpaired) electrons. The van der Waals surface area contributed by atoms with E-state index in [1.165, 1.54) is 36.0 Å². The molecule has 3 aromatic carbocycles. The summed E-state index contributed by atoms with van der Waals surface area (Å²) < 4.78 is 21.6. The van der Waals surface area contributed by atoms with Crippen molar-refractivity contribution in [1.29, 1.82) is 0 Å². The number of aromatic nitrogens is 3. The second-order valence-corrected chi connectivity index (χ2v) is 11.1. The lowest BCUT2D eigenvalue weighted by Crippen LogP contribution is -2.28. The molecule has 4 aromatic rings. The van der Waals surface area contributed by atoms with Crippen molar-refractivity contribution in [3.05, 3.63) is 106 Å². The Kier molecular flexibility index (Phi) is 8.79. The van der Waals surface area contributed by atoms with Crippen molar-refractivity contribution in [2.45, 2.75) is 24.2 Å². The van der Waals surface area contributed by atoms with Gasteiger partial charge in [0.05, 0.1) is 36.7 Å². The van der Waals surface area contributed by atoms with Crippen LogP contribution in [0.1, 0.15) is 39.8 Å². The van der Waals surface area contributed by atoms with Crippen molar-refractivity contribution in [3.63, 3.8) is 0 Å². The highest BCUT2D eigenvalue weighted by atomic mass is 79.9. The number of nitrogens with zero attached hydrogens (tertiary/aromatic N) is 5. The van der Waals surface area contributed by atoms with Gasteiger partial charge >= 0.3 is 0 Å². The number of thioether (sulfide) groups is 1. The molecule has 9 nitrogen and oxygen atoms in total. The number of amides is 2. The summed E-state index contributed by atoms with van der Waals surface area (Å²) in [5, 5.41) is 17.9. The summed E-state index contributed by atoms with van der Waals surface area (Å²) in [6.07, 6.45) is 0.504. The Morgan fingerprint density at radius 3 is 2.54 bits per heavy atom. The number of carbonyl (C=O) groups excluding carboxylic acids is 2. The molecule has 0 bridgehead atoms. The fourth-order valence-electron chi connectivity index (χ4n) is 4.41. The van der Waals surface area contributed by atoms with Crippen molar-refractivity contribution in [2.24, 2.45) is 12.1 Å². The normalized spacial score (nSPS) is 14.6. The molecular weight excluding hydrogens is 611 g/mol. The first kappa shape index (κ1) is 28.5. The minimum atomic E-state index is -0.359. The van der Waals surface area contributed by atoms with Crippen LogP contribution in [0.3, 0.4) is 0 Å². The maximum atomic E-state index is 13.6. The lowest BCUT2D eigenvalue weighted by atomic mass is 9.98. The predicted molar refractivity (Wildman–Crippen MR) is 157 cm³/mol. The molecule has 210 valence electrons.